The minimum atomic E-state index is -0.276. The van der Waals surface area contributed by atoms with Crippen molar-refractivity contribution >= 4 is 5.97 Å². The molecule has 19 heavy (non-hydrogen) atoms. The smallest absolute Gasteiger partial charge is 0.308 e. The highest BCUT2D eigenvalue weighted by molar-refractivity contribution is 5.69. The summed E-state index contributed by atoms with van der Waals surface area (Å²) < 4.78 is 5.07. The van der Waals surface area contributed by atoms with Gasteiger partial charge in [0, 0.05) is 39.1 Å². The van der Waals surface area contributed by atoms with Gasteiger partial charge in [-0.05, 0) is 24.1 Å². The van der Waals surface area contributed by atoms with Crippen LogP contribution in [0.4, 0.5) is 0 Å². The predicted octanol–water partition coefficient (Wildman–Crippen LogP) is 1.97. The number of carbonyl (C=O) groups excluding carboxylic acids is 1. The highest BCUT2D eigenvalue weighted by atomic mass is 16.5. The maximum absolute atomic E-state index is 10.9. The lowest BCUT2D eigenvalue weighted by molar-refractivity contribution is -0.131. The summed E-state index contributed by atoms with van der Waals surface area (Å²) >= 11 is 0. The van der Waals surface area contributed by atoms with E-state index in [4.69, 9.17) is 4.74 Å². The van der Waals surface area contributed by atoms with Crippen LogP contribution in [0.1, 0.15) is 31.9 Å². The Hall–Kier alpha value is -1.39. The number of nitrogens with zero attached hydrogens (tertiary/aromatic N) is 1. The first kappa shape index (κ1) is 14.0. The van der Waals surface area contributed by atoms with Crippen molar-refractivity contribution in [2.24, 2.45) is 0 Å². The lowest BCUT2D eigenvalue weighted by Gasteiger charge is -2.34. The van der Waals surface area contributed by atoms with Crippen LogP contribution in [0.3, 0.4) is 0 Å². The number of hydrogen-bond donors (Lipinski definition) is 1. The number of hydrogen-bond acceptors (Lipinski definition) is 4. The van der Waals surface area contributed by atoms with Crippen molar-refractivity contribution in [2.45, 2.75) is 26.3 Å². The molecule has 1 heterocycles. The predicted molar refractivity (Wildman–Crippen MR) is 75.2 cm³/mol. The summed E-state index contributed by atoms with van der Waals surface area (Å²) in [4.78, 5) is 13.4. The SMILES string of the molecule is CC[C@@H](c1ccc(OC(C)=O)cc1)N1CCNCC1. The molecule has 104 valence electrons. The second kappa shape index (κ2) is 6.68. The molecule has 1 N–H and O–H groups in total. The van der Waals surface area contributed by atoms with Crippen LogP contribution in [0.25, 0.3) is 0 Å². The lowest BCUT2D eigenvalue weighted by Crippen LogP contribution is -2.45. The van der Waals surface area contributed by atoms with Gasteiger partial charge in [-0.25, -0.2) is 0 Å². The second-order valence-corrected chi connectivity index (χ2v) is 4.87. The van der Waals surface area contributed by atoms with Crippen LogP contribution >= 0.6 is 0 Å². The van der Waals surface area contributed by atoms with Crippen molar-refractivity contribution in [3.05, 3.63) is 29.8 Å². The standard InChI is InChI=1S/C15H22N2O2/c1-3-15(17-10-8-16-9-11-17)13-4-6-14(7-5-13)19-12(2)18/h4-7,15-16H,3,8-11H2,1-2H3/t15-/m0/s1. The molecule has 0 aliphatic carbocycles. The van der Waals surface area contributed by atoms with Gasteiger partial charge in [0.2, 0.25) is 0 Å². The Kier molecular flexibility index (Phi) is 4.93. The average molecular weight is 262 g/mol. The molecular formula is C15H22N2O2. The molecule has 4 heteroatoms. The summed E-state index contributed by atoms with van der Waals surface area (Å²) in [7, 11) is 0. The second-order valence-electron chi connectivity index (χ2n) is 4.87. The lowest BCUT2D eigenvalue weighted by atomic mass is 10.0. The number of esters is 1. The normalized spacial score (nSPS) is 18.0. The molecule has 0 aromatic heterocycles. The highest BCUT2D eigenvalue weighted by Gasteiger charge is 2.20. The van der Waals surface area contributed by atoms with Gasteiger partial charge in [0.1, 0.15) is 5.75 Å². The van der Waals surface area contributed by atoms with Gasteiger partial charge < -0.3 is 10.1 Å². The number of nitrogens with one attached hydrogen (secondary N) is 1. The third kappa shape index (κ3) is 3.78. The molecule has 0 amide bonds. The van der Waals surface area contributed by atoms with Gasteiger partial charge in [0.15, 0.2) is 0 Å². The molecule has 0 saturated carbocycles. The molecular weight excluding hydrogens is 240 g/mol. The van der Waals surface area contributed by atoms with E-state index in [1.807, 2.05) is 12.1 Å². The van der Waals surface area contributed by atoms with Crippen molar-refractivity contribution in [3.8, 4) is 5.75 Å². The van der Waals surface area contributed by atoms with Gasteiger partial charge in [-0.1, -0.05) is 19.1 Å². The summed E-state index contributed by atoms with van der Waals surface area (Å²) in [5.41, 5.74) is 1.29. The molecule has 1 aromatic carbocycles. The zero-order chi connectivity index (χ0) is 13.7. The number of benzene rings is 1. The summed E-state index contributed by atoms with van der Waals surface area (Å²) in [5, 5.41) is 3.38. The quantitative estimate of drug-likeness (QED) is 0.665. The van der Waals surface area contributed by atoms with Crippen LogP contribution in [0.2, 0.25) is 0 Å². The minimum Gasteiger partial charge on any atom is -0.427 e. The van der Waals surface area contributed by atoms with Gasteiger partial charge in [-0.3, -0.25) is 9.69 Å². The number of piperazine rings is 1. The molecule has 2 rings (SSSR count). The third-order valence-corrected chi connectivity index (χ3v) is 3.51. The molecule has 4 nitrogen and oxygen atoms in total. The van der Waals surface area contributed by atoms with Crippen LogP contribution in [0.5, 0.6) is 5.75 Å². The van der Waals surface area contributed by atoms with Crippen LogP contribution < -0.4 is 10.1 Å². The third-order valence-electron chi connectivity index (χ3n) is 3.51. The zero-order valence-electron chi connectivity index (χ0n) is 11.7. The van der Waals surface area contributed by atoms with Gasteiger partial charge in [0.25, 0.3) is 0 Å². The fourth-order valence-corrected chi connectivity index (χ4v) is 2.62. The molecule has 0 unspecified atom stereocenters. The summed E-state index contributed by atoms with van der Waals surface area (Å²) in [6, 6.07) is 8.33. The van der Waals surface area contributed by atoms with E-state index in [2.05, 4.69) is 29.3 Å². The Morgan fingerprint density at radius 3 is 2.47 bits per heavy atom. The van der Waals surface area contributed by atoms with Crippen LogP contribution in [0, 0.1) is 0 Å². The molecule has 1 aliphatic heterocycles. The maximum Gasteiger partial charge on any atom is 0.308 e. The number of carbonyl (C=O) groups is 1. The highest BCUT2D eigenvalue weighted by Crippen LogP contribution is 2.26. The Morgan fingerprint density at radius 2 is 1.95 bits per heavy atom. The number of ether oxygens (including phenoxy) is 1. The molecule has 1 fully saturated rings. The fourth-order valence-electron chi connectivity index (χ4n) is 2.62. The van der Waals surface area contributed by atoms with Gasteiger partial charge >= 0.3 is 5.97 Å². The largest absolute Gasteiger partial charge is 0.427 e. The van der Waals surface area contributed by atoms with Crippen LogP contribution in [-0.4, -0.2) is 37.0 Å². The van der Waals surface area contributed by atoms with E-state index >= 15 is 0 Å². The van der Waals surface area contributed by atoms with E-state index in [1.165, 1.54) is 12.5 Å². The van der Waals surface area contributed by atoms with Gasteiger partial charge in [0.05, 0.1) is 0 Å². The molecule has 0 radical (unpaired) electrons. The minimum absolute atomic E-state index is 0.276. The van der Waals surface area contributed by atoms with Crippen LogP contribution in [0.15, 0.2) is 24.3 Å². The summed E-state index contributed by atoms with van der Waals surface area (Å²) in [6.45, 7) is 7.93. The fraction of sp³-hybridized carbons (Fsp3) is 0.533. The Labute approximate surface area is 114 Å². The monoisotopic (exact) mass is 262 g/mol. The van der Waals surface area contributed by atoms with E-state index in [-0.39, 0.29) is 5.97 Å². The molecule has 1 aromatic rings. The van der Waals surface area contributed by atoms with Gasteiger partial charge in [-0.2, -0.15) is 0 Å². The average Bonchev–Trinajstić information content (AvgIpc) is 2.42. The van der Waals surface area contributed by atoms with Crippen molar-refractivity contribution in [3.63, 3.8) is 0 Å². The molecule has 0 bridgehead atoms. The molecule has 1 saturated heterocycles. The first-order valence-corrected chi connectivity index (χ1v) is 6.94. The van der Waals surface area contributed by atoms with Crippen molar-refractivity contribution < 1.29 is 9.53 Å². The topological polar surface area (TPSA) is 41.6 Å². The Morgan fingerprint density at radius 1 is 1.32 bits per heavy atom. The van der Waals surface area contributed by atoms with E-state index < -0.39 is 0 Å². The molecule has 1 atom stereocenters. The number of rotatable bonds is 4. The maximum atomic E-state index is 10.9. The summed E-state index contributed by atoms with van der Waals surface area (Å²) in [5.74, 6) is 0.341. The first-order chi connectivity index (χ1) is 9.20. The first-order valence-electron chi connectivity index (χ1n) is 6.94. The van der Waals surface area contributed by atoms with E-state index in [0.29, 0.717) is 11.8 Å². The Balaban J connectivity index is 2.07. The zero-order valence-corrected chi connectivity index (χ0v) is 11.7. The molecule has 0 spiro atoms. The van der Waals surface area contributed by atoms with E-state index in [1.54, 1.807) is 0 Å². The van der Waals surface area contributed by atoms with Crippen molar-refractivity contribution in [1.82, 2.24) is 10.2 Å². The van der Waals surface area contributed by atoms with E-state index in [9.17, 15) is 4.79 Å². The van der Waals surface area contributed by atoms with Crippen molar-refractivity contribution in [1.29, 1.82) is 0 Å². The van der Waals surface area contributed by atoms with E-state index in [0.717, 1.165) is 32.6 Å². The Bertz CT molecular complexity index is 411. The van der Waals surface area contributed by atoms with Crippen molar-refractivity contribution in [2.75, 3.05) is 26.2 Å². The van der Waals surface area contributed by atoms with Crippen LogP contribution in [-0.2, 0) is 4.79 Å². The van der Waals surface area contributed by atoms with Gasteiger partial charge in [-0.15, -0.1) is 0 Å². The molecule has 1 aliphatic rings. The summed E-state index contributed by atoms with van der Waals surface area (Å²) in [6.07, 6.45) is 1.09.